The highest BCUT2D eigenvalue weighted by molar-refractivity contribution is 7.93. The van der Waals surface area contributed by atoms with Gasteiger partial charge in [0.05, 0.1) is 0 Å². The highest BCUT2D eigenvalue weighted by Crippen LogP contribution is 2.30. The highest BCUT2D eigenvalue weighted by Gasteiger charge is 2.50. The lowest BCUT2D eigenvalue weighted by molar-refractivity contribution is 0.100. The standard InChI is InChI=1S/2C12H18BN2O7S.2CH3/c2*1-9-4-6-15(10(16)8-9)7-5-12(2,23(3,19)20)11-14-22-13(17,18)21-11;;/h2*4,6,8,17-18H,5,7H2,1-3H3;2*1H3/q2*-1;2*+1/t12-;;;/m1.../s1. The van der Waals surface area contributed by atoms with E-state index in [-0.39, 0.29) is 51.9 Å². The maximum Gasteiger partial charge on any atom is 0.668 e. The summed E-state index contributed by atoms with van der Waals surface area (Å²) in [6, 6.07) is 6.31. The molecule has 0 aliphatic carbocycles. The summed E-state index contributed by atoms with van der Waals surface area (Å²) in [4.78, 5) is 23.8. The van der Waals surface area contributed by atoms with Crippen LogP contribution >= 0.6 is 0 Å². The van der Waals surface area contributed by atoms with Crippen molar-refractivity contribution >= 4 is 45.4 Å². The van der Waals surface area contributed by atoms with E-state index in [9.17, 15) is 46.5 Å². The summed E-state index contributed by atoms with van der Waals surface area (Å²) in [5, 5.41) is 43.7. The fraction of sp³-hybridized carbons (Fsp3) is 0.462. The van der Waals surface area contributed by atoms with Crippen molar-refractivity contribution in [3.8, 4) is 0 Å². The second kappa shape index (κ2) is 14.7. The van der Waals surface area contributed by atoms with Gasteiger partial charge in [-0.3, -0.25) is 9.59 Å². The smallest absolute Gasteiger partial charge is 0.620 e. The van der Waals surface area contributed by atoms with Crippen LogP contribution in [0.5, 0.6) is 0 Å². The molecular weight excluding hydrogens is 678 g/mol. The first-order valence-electron chi connectivity index (χ1n) is 13.7. The van der Waals surface area contributed by atoms with Gasteiger partial charge in [0.1, 0.15) is 9.49 Å². The molecule has 0 aromatic carbocycles. The number of aryl methyl sites for hydroxylation is 4. The number of rotatable bonds is 10. The normalized spacial score (nSPS) is 18.6. The SMILES string of the molecule is Cc1ccn(CCC(C)(C2=NO[B-](O)(O)O2)S(C)(=O)=O)c(=O)c1.Cc1ccn(CC[C@](C)(C2=NO[B-](O)(O)O2)S(C)(=O)=O)c(=O)c1.[CH3+].[CH3+]. The number of oxime groups is 2. The van der Waals surface area contributed by atoms with E-state index < -0.39 is 54.9 Å². The summed E-state index contributed by atoms with van der Waals surface area (Å²) in [5.41, 5.74) is 1.05. The van der Waals surface area contributed by atoms with Crippen LogP contribution in [-0.2, 0) is 51.6 Å². The van der Waals surface area contributed by atoms with Gasteiger partial charge in [-0.15, -0.1) is 0 Å². The van der Waals surface area contributed by atoms with Crippen LogP contribution < -0.4 is 11.1 Å². The van der Waals surface area contributed by atoms with Crippen LogP contribution in [0.3, 0.4) is 0 Å². The molecule has 2 aliphatic rings. The summed E-state index contributed by atoms with van der Waals surface area (Å²) in [5.74, 6) is -0.907. The summed E-state index contributed by atoms with van der Waals surface area (Å²) < 4.78 is 66.0. The first-order chi connectivity index (χ1) is 20.9. The molecule has 18 nitrogen and oxygen atoms in total. The van der Waals surface area contributed by atoms with Crippen molar-refractivity contribution in [2.45, 2.75) is 63.1 Å². The van der Waals surface area contributed by atoms with Crippen LogP contribution in [0, 0.1) is 28.7 Å². The lowest BCUT2D eigenvalue weighted by Crippen LogP contribution is -2.48. The lowest BCUT2D eigenvalue weighted by atomic mass is 10.0. The van der Waals surface area contributed by atoms with Gasteiger partial charge in [-0.05, 0) is 63.8 Å². The quantitative estimate of drug-likeness (QED) is 0.173. The minimum atomic E-state index is -3.75. The van der Waals surface area contributed by atoms with Crippen LogP contribution in [0.15, 0.2) is 56.6 Å². The molecule has 0 saturated heterocycles. The second-order valence-electron chi connectivity index (χ2n) is 11.5. The molecule has 48 heavy (non-hydrogen) atoms. The van der Waals surface area contributed by atoms with Gasteiger partial charge in [-0.25, -0.2) is 16.8 Å². The summed E-state index contributed by atoms with van der Waals surface area (Å²) >= 11 is 0. The molecule has 4 heterocycles. The second-order valence-corrected chi connectivity index (χ2v) is 16.4. The number of sulfone groups is 2. The predicted molar refractivity (Wildman–Crippen MR) is 179 cm³/mol. The predicted octanol–water partition coefficient (Wildman–Crippen LogP) is -0.838. The molecule has 0 fully saturated rings. The van der Waals surface area contributed by atoms with Gasteiger partial charge in [0.25, 0.3) is 11.1 Å². The van der Waals surface area contributed by atoms with Crippen LogP contribution in [0.25, 0.3) is 0 Å². The van der Waals surface area contributed by atoms with E-state index in [1.54, 1.807) is 38.4 Å². The van der Waals surface area contributed by atoms with Gasteiger partial charge in [-0.2, -0.15) is 0 Å². The Hall–Kier alpha value is -3.95. The number of nitrogens with zero attached hydrogens (tertiary/aromatic N) is 4. The van der Waals surface area contributed by atoms with Crippen molar-refractivity contribution < 1.29 is 55.8 Å². The third-order valence-electron chi connectivity index (χ3n) is 7.58. The average Bonchev–Trinajstić information content (AvgIpc) is 3.47. The van der Waals surface area contributed by atoms with Crippen molar-refractivity contribution in [1.82, 2.24) is 9.13 Å². The van der Waals surface area contributed by atoms with E-state index in [1.165, 1.54) is 35.1 Å². The maximum atomic E-state index is 12.2. The van der Waals surface area contributed by atoms with E-state index in [0.717, 1.165) is 23.6 Å². The van der Waals surface area contributed by atoms with Gasteiger partial charge in [-0.1, -0.05) is 10.3 Å². The Morgan fingerprint density at radius 1 is 0.708 bits per heavy atom. The van der Waals surface area contributed by atoms with Gasteiger partial charge in [0.15, 0.2) is 31.5 Å². The Labute approximate surface area is 279 Å². The fourth-order valence-corrected chi connectivity index (χ4v) is 5.93. The summed E-state index contributed by atoms with van der Waals surface area (Å²) in [6.07, 6.45) is 4.92. The van der Waals surface area contributed by atoms with Crippen LogP contribution in [0.4, 0.5) is 0 Å². The van der Waals surface area contributed by atoms with Crippen molar-refractivity contribution in [2.75, 3.05) is 12.5 Å². The number of hydrogen-bond acceptors (Lipinski definition) is 16. The Balaban J connectivity index is 0.000000461. The average molecular weight is 720 g/mol. The number of aromatic nitrogens is 2. The Morgan fingerprint density at radius 3 is 1.25 bits per heavy atom. The Kier molecular flexibility index (Phi) is 12.9. The minimum absolute atomic E-state index is 0. The molecule has 4 rings (SSSR count). The topological polar surface area (TPSA) is 255 Å². The molecular formula is C26H42B2N4O14S2. The van der Waals surface area contributed by atoms with E-state index in [0.29, 0.717) is 0 Å². The van der Waals surface area contributed by atoms with Gasteiger partial charge in [0, 0.05) is 65.0 Å². The Bertz CT molecular complexity index is 1740. The molecule has 268 valence electrons. The third kappa shape index (κ3) is 9.57. The molecule has 0 bridgehead atoms. The number of hydrogen-bond donors (Lipinski definition) is 4. The van der Waals surface area contributed by atoms with Crippen LogP contribution in [0.1, 0.15) is 37.8 Å². The zero-order valence-corrected chi connectivity index (χ0v) is 29.6. The van der Waals surface area contributed by atoms with E-state index in [2.05, 4.69) is 19.8 Å². The van der Waals surface area contributed by atoms with Gasteiger partial charge < -0.3 is 48.0 Å². The first-order valence-corrected chi connectivity index (χ1v) is 17.5. The van der Waals surface area contributed by atoms with Crippen molar-refractivity contribution in [3.05, 3.63) is 83.3 Å². The molecule has 0 saturated carbocycles. The monoisotopic (exact) mass is 720 g/mol. The molecule has 0 radical (unpaired) electrons. The molecule has 2 aromatic rings. The van der Waals surface area contributed by atoms with Crippen LogP contribution in [-0.4, -0.2) is 93.8 Å². The molecule has 0 amide bonds. The van der Waals surface area contributed by atoms with Gasteiger partial charge >= 0.3 is 13.9 Å². The molecule has 2 aliphatic heterocycles. The molecule has 1 unspecified atom stereocenters. The van der Waals surface area contributed by atoms with Gasteiger partial charge in [0.2, 0.25) is 0 Å². The van der Waals surface area contributed by atoms with Crippen molar-refractivity contribution in [3.63, 3.8) is 0 Å². The lowest BCUT2D eigenvalue weighted by Gasteiger charge is -2.30. The number of pyridine rings is 2. The first kappa shape index (κ1) is 42.1. The molecule has 0 spiro atoms. The largest absolute Gasteiger partial charge is 0.668 e. The highest BCUT2D eigenvalue weighted by atomic mass is 32.2. The van der Waals surface area contributed by atoms with E-state index >= 15 is 0 Å². The Morgan fingerprint density at radius 2 is 1.02 bits per heavy atom. The summed E-state index contributed by atoms with van der Waals surface area (Å²) in [6.45, 7) is -0.978. The zero-order valence-electron chi connectivity index (χ0n) is 27.9. The van der Waals surface area contributed by atoms with Crippen molar-refractivity contribution in [1.29, 1.82) is 0 Å². The fourth-order valence-electron chi connectivity index (χ4n) is 4.20. The van der Waals surface area contributed by atoms with E-state index in [4.69, 9.17) is 9.31 Å². The zero-order chi connectivity index (χ0) is 34.9. The maximum absolute atomic E-state index is 12.2. The molecule has 2 atom stereocenters. The third-order valence-corrected chi connectivity index (χ3v) is 11.6. The summed E-state index contributed by atoms with van der Waals surface area (Å²) in [7, 11) is -7.51. The van der Waals surface area contributed by atoms with Crippen LogP contribution in [0.2, 0.25) is 0 Å². The molecule has 22 heteroatoms. The van der Waals surface area contributed by atoms with Crippen molar-refractivity contribution in [2.24, 2.45) is 10.3 Å². The van der Waals surface area contributed by atoms with E-state index in [1.807, 2.05) is 0 Å². The minimum Gasteiger partial charge on any atom is -0.620 e. The molecule has 4 N–H and O–H groups in total. The molecule has 2 aromatic heterocycles.